The molecule has 5 rings (SSSR count). The fraction of sp³-hybridized carbons (Fsp3) is 0.267. The van der Waals surface area contributed by atoms with Gasteiger partial charge >= 0.3 is 5.97 Å². The number of aromatic nitrogens is 1. The number of carboxylic acid groups (broad SMARTS) is 1. The molecule has 0 spiro atoms. The summed E-state index contributed by atoms with van der Waals surface area (Å²) in [6, 6.07) is 21.2. The van der Waals surface area contributed by atoms with Gasteiger partial charge in [0.2, 0.25) is 0 Å². The Bertz CT molecular complexity index is 1360. The zero-order chi connectivity index (χ0) is 27.7. The van der Waals surface area contributed by atoms with Crippen LogP contribution in [0.2, 0.25) is 0 Å². The Morgan fingerprint density at radius 1 is 1.10 bits per heavy atom. The number of pyridine rings is 1. The molecule has 1 saturated heterocycles. The van der Waals surface area contributed by atoms with Gasteiger partial charge in [0.1, 0.15) is 24.3 Å². The van der Waals surface area contributed by atoms with E-state index in [0.717, 1.165) is 60.2 Å². The zero-order valence-electron chi connectivity index (χ0n) is 22.4. The van der Waals surface area contributed by atoms with Gasteiger partial charge in [0.15, 0.2) is 11.5 Å². The summed E-state index contributed by atoms with van der Waals surface area (Å²) in [6.07, 6.45) is 7.94. The lowest BCUT2D eigenvalue weighted by Gasteiger charge is -2.39. The van der Waals surface area contributed by atoms with E-state index in [4.69, 9.17) is 19.6 Å². The number of piperidine rings is 1. The number of ether oxygens (including phenoxy) is 2. The Balaban J connectivity index is 1.22. The Kier molecular flexibility index (Phi) is 8.67. The van der Waals surface area contributed by atoms with E-state index in [0.29, 0.717) is 12.4 Å². The van der Waals surface area contributed by atoms with Crippen LogP contribution in [0, 0.1) is 0 Å². The van der Waals surface area contributed by atoms with Crippen molar-refractivity contribution in [2.75, 3.05) is 36.9 Å². The van der Waals surface area contributed by atoms with Gasteiger partial charge in [0.05, 0.1) is 25.0 Å². The first kappa shape index (κ1) is 26.9. The van der Waals surface area contributed by atoms with E-state index in [9.17, 15) is 4.79 Å². The number of para-hydroxylation sites is 2. The third-order valence-electron chi connectivity index (χ3n) is 6.49. The quantitative estimate of drug-likeness (QED) is 0.272. The van der Waals surface area contributed by atoms with Crippen molar-refractivity contribution in [3.8, 4) is 22.8 Å². The molecule has 10 nitrogen and oxygen atoms in total. The van der Waals surface area contributed by atoms with Crippen LogP contribution in [0.3, 0.4) is 0 Å². The number of hydrazine groups is 1. The van der Waals surface area contributed by atoms with Crippen LogP contribution < -0.4 is 25.4 Å². The fourth-order valence-electron chi connectivity index (χ4n) is 4.63. The van der Waals surface area contributed by atoms with E-state index >= 15 is 0 Å². The van der Waals surface area contributed by atoms with Crippen LogP contribution in [-0.4, -0.2) is 58.4 Å². The summed E-state index contributed by atoms with van der Waals surface area (Å²) in [4.78, 5) is 15.5. The number of nitrogens with one attached hydrogen (secondary N) is 3. The summed E-state index contributed by atoms with van der Waals surface area (Å²) >= 11 is 0. The number of carbonyl (C=O) groups is 1. The molecule has 3 aromatic rings. The second-order valence-electron chi connectivity index (χ2n) is 9.42. The topological polar surface area (TPSA) is 111 Å². The molecule has 2 aliphatic rings. The van der Waals surface area contributed by atoms with Crippen LogP contribution >= 0.6 is 0 Å². The van der Waals surface area contributed by atoms with Crippen molar-refractivity contribution in [2.24, 2.45) is 0 Å². The largest absolute Gasteiger partial charge is 0.490 e. The van der Waals surface area contributed by atoms with Gasteiger partial charge in [-0.1, -0.05) is 30.3 Å². The summed E-state index contributed by atoms with van der Waals surface area (Å²) in [5.41, 5.74) is 2.48. The van der Waals surface area contributed by atoms with Crippen LogP contribution in [0.5, 0.6) is 11.5 Å². The second-order valence-corrected chi connectivity index (χ2v) is 9.42. The van der Waals surface area contributed by atoms with E-state index in [-0.39, 0.29) is 12.6 Å². The minimum atomic E-state index is -0.903. The van der Waals surface area contributed by atoms with Gasteiger partial charge in [-0.05, 0) is 56.2 Å². The maximum absolute atomic E-state index is 10.8. The van der Waals surface area contributed by atoms with Gasteiger partial charge in [-0.15, -0.1) is 0 Å². The average Bonchev–Trinajstić information content (AvgIpc) is 2.98. The highest BCUT2D eigenvalue weighted by atomic mass is 16.5. The minimum Gasteiger partial charge on any atom is -0.490 e. The predicted octanol–water partition coefficient (Wildman–Crippen LogP) is 4.69. The van der Waals surface area contributed by atoms with Crippen molar-refractivity contribution in [1.82, 2.24) is 20.3 Å². The third-order valence-corrected chi connectivity index (χ3v) is 6.49. The average molecular weight is 543 g/mol. The van der Waals surface area contributed by atoms with Gasteiger partial charge in [0.25, 0.3) is 0 Å². The Morgan fingerprint density at radius 3 is 2.73 bits per heavy atom. The minimum absolute atomic E-state index is 0.0486. The molecule has 4 N–H and O–H groups in total. The molecule has 208 valence electrons. The first-order chi connectivity index (χ1) is 19.6. The standard InChI is InChI=1S/C30H34N6O4/c1-2-39-26-9-3-4-10-27(26)40-24-7-6-17-35(20-24)36-18-16-31-29(21-36)34-28-11-5-8-25(33-28)22-12-14-23(15-13-22)32-19-30(37)38/h3-5,8-16,18,21,24,31-32H,2,6-7,17,19-20H2,1H3,(H,33,34)(H,37,38)/t24-/m1/s1. The summed E-state index contributed by atoms with van der Waals surface area (Å²) in [5.74, 6) is 2.15. The summed E-state index contributed by atoms with van der Waals surface area (Å²) < 4.78 is 12.1. The normalized spacial score (nSPS) is 17.0. The Hall–Kier alpha value is -4.70. The molecule has 1 atom stereocenters. The highest BCUT2D eigenvalue weighted by Crippen LogP contribution is 2.29. The number of aliphatic carboxylic acids is 1. The molecule has 0 saturated carbocycles. The van der Waals surface area contributed by atoms with Crippen LogP contribution in [0.25, 0.3) is 11.3 Å². The van der Waals surface area contributed by atoms with Gasteiger partial charge in [-0.2, -0.15) is 0 Å². The maximum atomic E-state index is 10.8. The molecule has 2 aliphatic heterocycles. The lowest BCUT2D eigenvalue weighted by atomic mass is 10.1. The molecule has 0 radical (unpaired) electrons. The third kappa shape index (κ3) is 7.03. The van der Waals surface area contributed by atoms with Crippen LogP contribution in [-0.2, 0) is 4.79 Å². The number of benzene rings is 2. The molecule has 0 amide bonds. The first-order valence-electron chi connectivity index (χ1n) is 13.4. The number of anilines is 2. The van der Waals surface area contributed by atoms with Gasteiger partial charge in [-0.3, -0.25) is 9.80 Å². The van der Waals surface area contributed by atoms with E-state index in [1.54, 1.807) is 0 Å². The summed E-state index contributed by atoms with van der Waals surface area (Å²) in [5, 5.41) is 22.7. The highest BCUT2D eigenvalue weighted by molar-refractivity contribution is 5.73. The lowest BCUT2D eigenvalue weighted by Crippen LogP contribution is -2.48. The molecule has 10 heteroatoms. The van der Waals surface area contributed by atoms with Crippen LogP contribution in [0.1, 0.15) is 19.8 Å². The summed E-state index contributed by atoms with van der Waals surface area (Å²) in [6.45, 7) is 4.11. The molecule has 0 unspecified atom stereocenters. The summed E-state index contributed by atoms with van der Waals surface area (Å²) in [7, 11) is 0. The molecule has 0 bridgehead atoms. The van der Waals surface area contributed by atoms with Crippen molar-refractivity contribution in [3.05, 3.63) is 91.2 Å². The van der Waals surface area contributed by atoms with Gasteiger partial charge in [0, 0.05) is 30.2 Å². The zero-order valence-corrected chi connectivity index (χ0v) is 22.4. The Labute approximate surface area is 233 Å². The first-order valence-corrected chi connectivity index (χ1v) is 13.4. The molecular weight excluding hydrogens is 508 g/mol. The van der Waals surface area contributed by atoms with Crippen molar-refractivity contribution in [3.63, 3.8) is 0 Å². The number of rotatable bonds is 11. The molecule has 1 fully saturated rings. The van der Waals surface area contributed by atoms with Crippen LogP contribution in [0.15, 0.2) is 91.2 Å². The Morgan fingerprint density at radius 2 is 1.93 bits per heavy atom. The SMILES string of the molecule is CCOc1ccccc1O[C@@H]1CCCN(N2C=CNC(Nc3cccc(-c4ccc(NCC(=O)O)cc4)n3)=C2)C1. The maximum Gasteiger partial charge on any atom is 0.322 e. The molecule has 1 aromatic heterocycles. The predicted molar refractivity (Wildman–Crippen MR) is 154 cm³/mol. The van der Waals surface area contributed by atoms with Crippen molar-refractivity contribution in [1.29, 1.82) is 0 Å². The van der Waals surface area contributed by atoms with E-state index < -0.39 is 5.97 Å². The van der Waals surface area contributed by atoms with E-state index in [1.807, 2.05) is 92.3 Å². The number of nitrogens with zero attached hydrogens (tertiary/aromatic N) is 3. The van der Waals surface area contributed by atoms with Crippen molar-refractivity contribution >= 4 is 17.5 Å². The van der Waals surface area contributed by atoms with Gasteiger partial charge in [-0.25, -0.2) is 9.99 Å². The molecular formula is C30H34N6O4. The van der Waals surface area contributed by atoms with Crippen molar-refractivity contribution < 1.29 is 19.4 Å². The fourth-order valence-corrected chi connectivity index (χ4v) is 4.63. The molecule has 3 heterocycles. The number of hydrogen-bond acceptors (Lipinski definition) is 9. The van der Waals surface area contributed by atoms with Crippen molar-refractivity contribution in [2.45, 2.75) is 25.9 Å². The van der Waals surface area contributed by atoms with Crippen LogP contribution in [0.4, 0.5) is 11.5 Å². The number of carboxylic acids is 1. The highest BCUT2D eigenvalue weighted by Gasteiger charge is 2.25. The van der Waals surface area contributed by atoms with E-state index in [1.165, 1.54) is 0 Å². The van der Waals surface area contributed by atoms with E-state index in [2.05, 4.69) is 26.0 Å². The molecule has 40 heavy (non-hydrogen) atoms. The monoisotopic (exact) mass is 542 g/mol. The second kappa shape index (κ2) is 12.9. The number of hydrogen-bond donors (Lipinski definition) is 4. The molecule has 2 aromatic carbocycles. The smallest absolute Gasteiger partial charge is 0.322 e. The molecule has 0 aliphatic carbocycles. The van der Waals surface area contributed by atoms with Gasteiger partial charge < -0.3 is 30.5 Å². The lowest BCUT2D eigenvalue weighted by molar-refractivity contribution is -0.134.